The molecule has 1 aromatic carbocycles. The van der Waals surface area contributed by atoms with Gasteiger partial charge in [0.25, 0.3) is 0 Å². The molecule has 0 aliphatic heterocycles. The summed E-state index contributed by atoms with van der Waals surface area (Å²) < 4.78 is 6.92. The Morgan fingerprint density at radius 1 is 1.47 bits per heavy atom. The molecule has 0 saturated heterocycles. The van der Waals surface area contributed by atoms with E-state index in [0.717, 1.165) is 17.5 Å². The smallest absolute Gasteiger partial charge is 0.0655 e. The van der Waals surface area contributed by atoms with Crippen molar-refractivity contribution in [3.63, 3.8) is 0 Å². The molecule has 1 aliphatic rings. The molecule has 0 radical (unpaired) electrons. The fraction of sp³-hybridized carbons (Fsp3) is 0.625. The summed E-state index contributed by atoms with van der Waals surface area (Å²) in [6.07, 6.45) is 1.50. The molecule has 3 atom stereocenters. The molecule has 1 N–H and O–H groups in total. The van der Waals surface area contributed by atoms with Gasteiger partial charge < -0.3 is 10.1 Å². The summed E-state index contributed by atoms with van der Waals surface area (Å²) in [4.78, 5) is 0. The fourth-order valence-electron chi connectivity index (χ4n) is 2.83. The first-order valence-corrected chi connectivity index (χ1v) is 7.87. The number of benzene rings is 1. The highest BCUT2D eigenvalue weighted by Gasteiger charge is 2.49. The third-order valence-electron chi connectivity index (χ3n) is 4.35. The quantitative estimate of drug-likeness (QED) is 0.871. The van der Waals surface area contributed by atoms with Gasteiger partial charge in [-0.1, -0.05) is 41.9 Å². The molecule has 0 spiro atoms. The van der Waals surface area contributed by atoms with E-state index in [2.05, 4.69) is 73.2 Å². The summed E-state index contributed by atoms with van der Waals surface area (Å²) in [6.45, 7) is 9.69. The summed E-state index contributed by atoms with van der Waals surface area (Å²) >= 11 is 3.53. The van der Waals surface area contributed by atoms with Gasteiger partial charge in [0.15, 0.2) is 0 Å². The first kappa shape index (κ1) is 15.0. The van der Waals surface area contributed by atoms with Gasteiger partial charge in [0.1, 0.15) is 0 Å². The normalized spacial score (nSPS) is 26.8. The standard InChI is InChI=1S/C16H24BrNO/c1-5-19-15-10-14(16(15,3)4)18-11(2)12-7-6-8-13(17)9-12/h6-9,11,14-15,18H,5,10H2,1-4H3/t11-,14?,15?/m0/s1. The van der Waals surface area contributed by atoms with Crippen LogP contribution in [0.1, 0.15) is 45.7 Å². The Morgan fingerprint density at radius 3 is 2.79 bits per heavy atom. The van der Waals surface area contributed by atoms with E-state index in [1.807, 2.05) is 0 Å². The number of hydrogen-bond acceptors (Lipinski definition) is 2. The van der Waals surface area contributed by atoms with Gasteiger partial charge in [0, 0.05) is 28.6 Å². The minimum Gasteiger partial charge on any atom is -0.378 e. The predicted molar refractivity (Wildman–Crippen MR) is 83.3 cm³/mol. The van der Waals surface area contributed by atoms with E-state index in [1.54, 1.807) is 0 Å². The summed E-state index contributed by atoms with van der Waals surface area (Å²) in [6, 6.07) is 9.40. The van der Waals surface area contributed by atoms with Crippen LogP contribution in [0.3, 0.4) is 0 Å². The van der Waals surface area contributed by atoms with Gasteiger partial charge in [-0.2, -0.15) is 0 Å². The highest BCUT2D eigenvalue weighted by molar-refractivity contribution is 9.10. The Hall–Kier alpha value is -0.380. The number of hydrogen-bond donors (Lipinski definition) is 1. The molecule has 2 unspecified atom stereocenters. The van der Waals surface area contributed by atoms with Crippen molar-refractivity contribution >= 4 is 15.9 Å². The molecule has 0 amide bonds. The van der Waals surface area contributed by atoms with Crippen molar-refractivity contribution in [2.24, 2.45) is 5.41 Å². The van der Waals surface area contributed by atoms with Gasteiger partial charge in [0.2, 0.25) is 0 Å². The maximum Gasteiger partial charge on any atom is 0.0655 e. The molecule has 2 rings (SSSR count). The second-order valence-electron chi connectivity index (χ2n) is 6.00. The van der Waals surface area contributed by atoms with Gasteiger partial charge in [0.05, 0.1) is 6.10 Å². The largest absolute Gasteiger partial charge is 0.378 e. The van der Waals surface area contributed by atoms with Crippen molar-refractivity contribution in [3.8, 4) is 0 Å². The molecule has 0 heterocycles. The number of rotatable bonds is 5. The van der Waals surface area contributed by atoms with Crippen LogP contribution in [-0.2, 0) is 4.74 Å². The summed E-state index contributed by atoms with van der Waals surface area (Å²) in [5.41, 5.74) is 1.54. The third-order valence-corrected chi connectivity index (χ3v) is 4.84. The van der Waals surface area contributed by atoms with E-state index in [0.29, 0.717) is 18.2 Å². The fourth-order valence-corrected chi connectivity index (χ4v) is 3.24. The van der Waals surface area contributed by atoms with Gasteiger partial charge >= 0.3 is 0 Å². The van der Waals surface area contributed by atoms with Crippen LogP contribution in [0, 0.1) is 5.41 Å². The Labute approximate surface area is 125 Å². The topological polar surface area (TPSA) is 21.3 Å². The van der Waals surface area contributed by atoms with Crippen LogP contribution in [-0.4, -0.2) is 18.8 Å². The van der Waals surface area contributed by atoms with Gasteiger partial charge in [-0.25, -0.2) is 0 Å². The predicted octanol–water partition coefficient (Wildman–Crippen LogP) is 4.30. The van der Waals surface area contributed by atoms with Crippen molar-refractivity contribution in [1.29, 1.82) is 0 Å². The van der Waals surface area contributed by atoms with Crippen LogP contribution in [0.2, 0.25) is 0 Å². The highest BCUT2D eigenvalue weighted by atomic mass is 79.9. The Morgan fingerprint density at radius 2 is 2.21 bits per heavy atom. The molecule has 1 fully saturated rings. The lowest BCUT2D eigenvalue weighted by molar-refractivity contribution is -0.116. The molecule has 106 valence electrons. The number of halogens is 1. The lowest BCUT2D eigenvalue weighted by Crippen LogP contribution is -2.61. The zero-order chi connectivity index (χ0) is 14.0. The molecule has 2 nitrogen and oxygen atoms in total. The molecule has 0 aromatic heterocycles. The van der Waals surface area contributed by atoms with E-state index in [1.165, 1.54) is 5.56 Å². The summed E-state index contributed by atoms with van der Waals surface area (Å²) in [5, 5.41) is 3.74. The lowest BCUT2D eigenvalue weighted by Gasteiger charge is -2.52. The van der Waals surface area contributed by atoms with Gasteiger partial charge in [-0.3, -0.25) is 0 Å². The van der Waals surface area contributed by atoms with Crippen molar-refractivity contribution < 1.29 is 4.74 Å². The number of nitrogens with one attached hydrogen (secondary N) is 1. The lowest BCUT2D eigenvalue weighted by atomic mass is 9.64. The first-order chi connectivity index (χ1) is 8.95. The van der Waals surface area contributed by atoms with Crippen LogP contribution in [0.4, 0.5) is 0 Å². The maximum atomic E-state index is 5.78. The van der Waals surface area contributed by atoms with E-state index >= 15 is 0 Å². The average molecular weight is 326 g/mol. The third kappa shape index (κ3) is 3.21. The highest BCUT2D eigenvalue weighted by Crippen LogP contribution is 2.43. The maximum absolute atomic E-state index is 5.78. The van der Waals surface area contributed by atoms with Crippen LogP contribution in [0.5, 0.6) is 0 Å². The van der Waals surface area contributed by atoms with E-state index < -0.39 is 0 Å². The summed E-state index contributed by atoms with van der Waals surface area (Å²) in [7, 11) is 0. The minimum atomic E-state index is 0.219. The Balaban J connectivity index is 1.96. The second-order valence-corrected chi connectivity index (χ2v) is 6.91. The van der Waals surface area contributed by atoms with Crippen molar-refractivity contribution in [1.82, 2.24) is 5.32 Å². The zero-order valence-electron chi connectivity index (χ0n) is 12.2. The summed E-state index contributed by atoms with van der Waals surface area (Å²) in [5.74, 6) is 0. The first-order valence-electron chi connectivity index (χ1n) is 7.08. The van der Waals surface area contributed by atoms with Crippen LogP contribution in [0.25, 0.3) is 0 Å². The zero-order valence-corrected chi connectivity index (χ0v) is 13.8. The van der Waals surface area contributed by atoms with Crippen molar-refractivity contribution in [3.05, 3.63) is 34.3 Å². The van der Waals surface area contributed by atoms with E-state index in [4.69, 9.17) is 4.74 Å². The van der Waals surface area contributed by atoms with Crippen LogP contribution in [0.15, 0.2) is 28.7 Å². The molecule has 1 aromatic rings. The van der Waals surface area contributed by atoms with Gasteiger partial charge in [-0.05, 0) is 38.0 Å². The van der Waals surface area contributed by atoms with E-state index in [9.17, 15) is 0 Å². The molecule has 1 saturated carbocycles. The van der Waals surface area contributed by atoms with Gasteiger partial charge in [-0.15, -0.1) is 0 Å². The second kappa shape index (κ2) is 5.94. The molecule has 1 aliphatic carbocycles. The monoisotopic (exact) mass is 325 g/mol. The molecular weight excluding hydrogens is 302 g/mol. The number of ether oxygens (including phenoxy) is 1. The minimum absolute atomic E-state index is 0.219. The molecule has 19 heavy (non-hydrogen) atoms. The Bertz CT molecular complexity index is 433. The van der Waals surface area contributed by atoms with Crippen molar-refractivity contribution in [2.45, 2.75) is 52.3 Å². The van der Waals surface area contributed by atoms with Crippen molar-refractivity contribution in [2.75, 3.05) is 6.61 Å². The Kier molecular flexibility index (Phi) is 4.70. The molecule has 3 heteroatoms. The molecular formula is C16H24BrNO. The van der Waals surface area contributed by atoms with E-state index in [-0.39, 0.29) is 5.41 Å². The molecule has 0 bridgehead atoms. The van der Waals surface area contributed by atoms with Crippen LogP contribution < -0.4 is 5.32 Å². The SMILES string of the molecule is CCOC1CC(N[C@@H](C)c2cccc(Br)c2)C1(C)C. The average Bonchev–Trinajstić information content (AvgIpc) is 2.37. The van der Waals surface area contributed by atoms with Crippen LogP contribution >= 0.6 is 15.9 Å².